The molecule has 1 unspecified atom stereocenters. The number of nitrogens with two attached hydrogens (primary N) is 1. The number of rotatable bonds is 3. The zero-order valence-corrected chi connectivity index (χ0v) is 13.2. The van der Waals surface area contributed by atoms with Gasteiger partial charge in [-0.1, -0.05) is 47.5 Å². The van der Waals surface area contributed by atoms with Crippen molar-refractivity contribution in [2.24, 2.45) is 5.73 Å². The molecule has 0 heterocycles. The van der Waals surface area contributed by atoms with Crippen LogP contribution in [-0.2, 0) is 19.3 Å². The molecule has 3 rings (SSSR count). The SMILES string of the molecule is Cc1cc(C)cc(CC(N)c2cccc3c2CCCC3)c1. The monoisotopic (exact) mass is 279 g/mol. The summed E-state index contributed by atoms with van der Waals surface area (Å²) in [6.07, 6.45) is 5.98. The van der Waals surface area contributed by atoms with Crippen LogP contribution in [0.1, 0.15) is 52.3 Å². The Labute approximate surface area is 128 Å². The molecule has 110 valence electrons. The van der Waals surface area contributed by atoms with E-state index in [1.807, 2.05) is 0 Å². The maximum Gasteiger partial charge on any atom is 0.0338 e. The summed E-state index contributed by atoms with van der Waals surface area (Å²) in [7, 11) is 0. The lowest BCUT2D eigenvalue weighted by molar-refractivity contribution is 0.650. The lowest BCUT2D eigenvalue weighted by Crippen LogP contribution is -2.18. The van der Waals surface area contributed by atoms with E-state index in [1.165, 1.54) is 59.1 Å². The summed E-state index contributed by atoms with van der Waals surface area (Å²) >= 11 is 0. The van der Waals surface area contributed by atoms with Crippen LogP contribution in [0.15, 0.2) is 36.4 Å². The Morgan fingerprint density at radius 2 is 1.71 bits per heavy atom. The zero-order valence-electron chi connectivity index (χ0n) is 13.2. The number of aryl methyl sites for hydroxylation is 3. The molecule has 1 aliphatic carbocycles. The molecule has 2 N–H and O–H groups in total. The van der Waals surface area contributed by atoms with Gasteiger partial charge in [-0.25, -0.2) is 0 Å². The minimum Gasteiger partial charge on any atom is -0.324 e. The lowest BCUT2D eigenvalue weighted by Gasteiger charge is -2.23. The number of hydrogen-bond acceptors (Lipinski definition) is 1. The van der Waals surface area contributed by atoms with Gasteiger partial charge in [0.15, 0.2) is 0 Å². The highest BCUT2D eigenvalue weighted by molar-refractivity contribution is 5.40. The molecule has 0 aliphatic heterocycles. The van der Waals surface area contributed by atoms with E-state index in [2.05, 4.69) is 50.2 Å². The summed E-state index contributed by atoms with van der Waals surface area (Å²) in [4.78, 5) is 0. The summed E-state index contributed by atoms with van der Waals surface area (Å²) in [5, 5.41) is 0. The minimum absolute atomic E-state index is 0.110. The Bertz CT molecular complexity index is 622. The third-order valence-corrected chi connectivity index (χ3v) is 4.57. The average Bonchev–Trinajstić information content (AvgIpc) is 2.45. The van der Waals surface area contributed by atoms with Gasteiger partial charge in [-0.15, -0.1) is 0 Å². The van der Waals surface area contributed by atoms with Crippen molar-refractivity contribution in [3.8, 4) is 0 Å². The molecule has 2 aromatic rings. The standard InChI is InChI=1S/C20H25N/c1-14-10-15(2)12-16(11-14)13-20(21)19-9-5-7-17-6-3-4-8-18(17)19/h5,7,9-12,20H,3-4,6,8,13,21H2,1-2H3. The van der Waals surface area contributed by atoms with Gasteiger partial charge in [0.25, 0.3) is 0 Å². The summed E-state index contributed by atoms with van der Waals surface area (Å²) in [6, 6.07) is 13.6. The molecule has 0 radical (unpaired) electrons. The maximum absolute atomic E-state index is 6.55. The van der Waals surface area contributed by atoms with Crippen molar-refractivity contribution in [1.29, 1.82) is 0 Å². The van der Waals surface area contributed by atoms with Crippen molar-refractivity contribution in [1.82, 2.24) is 0 Å². The molecular formula is C20H25N. The molecule has 2 aromatic carbocycles. The maximum atomic E-state index is 6.55. The van der Waals surface area contributed by atoms with Gasteiger partial charge >= 0.3 is 0 Å². The van der Waals surface area contributed by atoms with Crippen molar-refractivity contribution in [3.63, 3.8) is 0 Å². The number of benzene rings is 2. The van der Waals surface area contributed by atoms with Crippen LogP contribution >= 0.6 is 0 Å². The first-order chi connectivity index (χ1) is 10.1. The number of fused-ring (bicyclic) bond motifs is 1. The van der Waals surface area contributed by atoms with E-state index in [0.29, 0.717) is 0 Å². The highest BCUT2D eigenvalue weighted by Gasteiger charge is 2.17. The zero-order chi connectivity index (χ0) is 14.8. The van der Waals surface area contributed by atoms with Gasteiger partial charge in [0, 0.05) is 6.04 Å². The quantitative estimate of drug-likeness (QED) is 0.884. The van der Waals surface area contributed by atoms with E-state index < -0.39 is 0 Å². The van der Waals surface area contributed by atoms with Gasteiger partial charge in [-0.3, -0.25) is 0 Å². The van der Waals surface area contributed by atoms with E-state index in [4.69, 9.17) is 5.73 Å². The summed E-state index contributed by atoms with van der Waals surface area (Å²) in [5.41, 5.74) is 15.0. The number of hydrogen-bond donors (Lipinski definition) is 1. The van der Waals surface area contributed by atoms with Crippen molar-refractivity contribution >= 4 is 0 Å². The van der Waals surface area contributed by atoms with E-state index >= 15 is 0 Å². The Kier molecular flexibility index (Phi) is 4.12. The molecule has 1 nitrogen and oxygen atoms in total. The van der Waals surface area contributed by atoms with Crippen molar-refractivity contribution in [2.75, 3.05) is 0 Å². The van der Waals surface area contributed by atoms with Crippen LogP contribution in [0.3, 0.4) is 0 Å². The Morgan fingerprint density at radius 1 is 1.00 bits per heavy atom. The van der Waals surface area contributed by atoms with Crippen LogP contribution in [0, 0.1) is 13.8 Å². The minimum atomic E-state index is 0.110. The largest absolute Gasteiger partial charge is 0.324 e. The third-order valence-electron chi connectivity index (χ3n) is 4.57. The first kappa shape index (κ1) is 14.3. The lowest BCUT2D eigenvalue weighted by atomic mass is 9.84. The highest BCUT2D eigenvalue weighted by Crippen LogP contribution is 2.29. The molecule has 0 fully saturated rings. The van der Waals surface area contributed by atoms with Crippen molar-refractivity contribution < 1.29 is 0 Å². The predicted octanol–water partition coefficient (Wildman–Crippen LogP) is 4.42. The van der Waals surface area contributed by atoms with Crippen LogP contribution < -0.4 is 5.73 Å². The van der Waals surface area contributed by atoms with Gasteiger partial charge in [0.1, 0.15) is 0 Å². The Hall–Kier alpha value is -1.60. The molecule has 0 amide bonds. The summed E-state index contributed by atoms with van der Waals surface area (Å²) < 4.78 is 0. The molecule has 0 bridgehead atoms. The fraction of sp³-hybridized carbons (Fsp3) is 0.400. The normalized spacial score (nSPS) is 15.6. The van der Waals surface area contributed by atoms with E-state index in [1.54, 1.807) is 0 Å². The van der Waals surface area contributed by atoms with E-state index in [9.17, 15) is 0 Å². The van der Waals surface area contributed by atoms with Crippen LogP contribution in [0.4, 0.5) is 0 Å². The summed E-state index contributed by atoms with van der Waals surface area (Å²) in [6.45, 7) is 4.32. The molecule has 1 aliphatic rings. The fourth-order valence-electron chi connectivity index (χ4n) is 3.71. The molecule has 0 saturated carbocycles. The van der Waals surface area contributed by atoms with Gasteiger partial charge in [-0.05, 0) is 68.2 Å². The van der Waals surface area contributed by atoms with Gasteiger partial charge in [-0.2, -0.15) is 0 Å². The molecule has 0 spiro atoms. The van der Waals surface area contributed by atoms with E-state index in [0.717, 1.165) is 6.42 Å². The fourth-order valence-corrected chi connectivity index (χ4v) is 3.71. The third kappa shape index (κ3) is 3.19. The molecule has 1 heteroatoms. The predicted molar refractivity (Wildman–Crippen MR) is 89.6 cm³/mol. The second-order valence-electron chi connectivity index (χ2n) is 6.50. The molecule has 21 heavy (non-hydrogen) atoms. The van der Waals surface area contributed by atoms with Gasteiger partial charge in [0.2, 0.25) is 0 Å². The van der Waals surface area contributed by atoms with Crippen LogP contribution in [0.5, 0.6) is 0 Å². The second kappa shape index (κ2) is 6.03. The Balaban J connectivity index is 1.87. The molecule has 0 aromatic heterocycles. The smallest absolute Gasteiger partial charge is 0.0338 e. The van der Waals surface area contributed by atoms with Gasteiger partial charge in [0.05, 0.1) is 0 Å². The topological polar surface area (TPSA) is 26.0 Å². The second-order valence-corrected chi connectivity index (χ2v) is 6.50. The molecule has 1 atom stereocenters. The van der Waals surface area contributed by atoms with E-state index in [-0.39, 0.29) is 6.04 Å². The van der Waals surface area contributed by atoms with Crippen LogP contribution in [-0.4, -0.2) is 0 Å². The van der Waals surface area contributed by atoms with Crippen molar-refractivity contribution in [3.05, 3.63) is 69.8 Å². The first-order valence-corrected chi connectivity index (χ1v) is 8.07. The summed E-state index contributed by atoms with van der Waals surface area (Å²) in [5.74, 6) is 0. The molecular weight excluding hydrogens is 254 g/mol. The van der Waals surface area contributed by atoms with Gasteiger partial charge < -0.3 is 5.73 Å². The first-order valence-electron chi connectivity index (χ1n) is 8.07. The average molecular weight is 279 g/mol. The molecule has 0 saturated heterocycles. The Morgan fingerprint density at radius 3 is 2.48 bits per heavy atom. The van der Waals surface area contributed by atoms with Crippen molar-refractivity contribution in [2.45, 2.75) is 52.0 Å². The highest BCUT2D eigenvalue weighted by atomic mass is 14.6. The van der Waals surface area contributed by atoms with Crippen LogP contribution in [0.25, 0.3) is 0 Å². The van der Waals surface area contributed by atoms with Crippen LogP contribution in [0.2, 0.25) is 0 Å².